The molecule has 2 aromatic rings. The monoisotopic (exact) mass is 349 g/mol. The van der Waals surface area contributed by atoms with Gasteiger partial charge in [0, 0.05) is 29.9 Å². The number of rotatable bonds is 6. The lowest BCUT2D eigenvalue weighted by atomic mass is 10.1. The number of hydrogen-bond acceptors (Lipinski definition) is 3. The molecule has 0 aliphatic heterocycles. The molecule has 0 bridgehead atoms. The molecule has 1 heterocycles. The van der Waals surface area contributed by atoms with Crippen LogP contribution in [0.3, 0.4) is 0 Å². The topological polar surface area (TPSA) is 75.4 Å². The molecule has 2 rings (SSSR count). The first-order chi connectivity index (χ1) is 11.3. The van der Waals surface area contributed by atoms with Crippen molar-refractivity contribution < 1.29 is 14.7 Å². The Kier molecular flexibility index (Phi) is 5.62. The highest BCUT2D eigenvalue weighted by atomic mass is 35.5. The van der Waals surface area contributed by atoms with Crippen LogP contribution < -0.4 is 0 Å². The lowest BCUT2D eigenvalue weighted by molar-refractivity contribution is -0.144. The number of aromatic nitrogens is 2. The molecule has 1 aromatic heterocycles. The molecule has 0 aliphatic rings. The Morgan fingerprint density at radius 3 is 2.38 bits per heavy atom. The van der Waals surface area contributed by atoms with E-state index in [4.69, 9.17) is 16.7 Å². The maximum Gasteiger partial charge on any atom is 0.323 e. The van der Waals surface area contributed by atoms with Crippen LogP contribution in [-0.2, 0) is 29.6 Å². The van der Waals surface area contributed by atoms with E-state index in [1.54, 1.807) is 28.9 Å². The highest BCUT2D eigenvalue weighted by Gasteiger charge is 2.21. The minimum absolute atomic E-state index is 0.131. The first kappa shape index (κ1) is 18.0. The van der Waals surface area contributed by atoms with Crippen molar-refractivity contribution >= 4 is 23.5 Å². The molecule has 0 fully saturated rings. The highest BCUT2D eigenvalue weighted by Crippen LogP contribution is 2.16. The molecule has 128 valence electrons. The molecule has 7 heteroatoms. The van der Waals surface area contributed by atoms with Crippen molar-refractivity contribution in [2.75, 3.05) is 6.54 Å². The fraction of sp³-hybridized carbons (Fsp3) is 0.353. The number of carbonyl (C=O) groups is 2. The van der Waals surface area contributed by atoms with Gasteiger partial charge in [0.2, 0.25) is 5.91 Å². The Morgan fingerprint density at radius 2 is 1.88 bits per heavy atom. The number of aliphatic carboxylic acids is 1. The molecule has 1 amide bonds. The summed E-state index contributed by atoms with van der Waals surface area (Å²) in [6.45, 7) is 3.61. The normalized spacial score (nSPS) is 10.7. The maximum absolute atomic E-state index is 12.6. The third-order valence-electron chi connectivity index (χ3n) is 3.95. The molecule has 1 aromatic carbocycles. The Morgan fingerprint density at radius 1 is 1.25 bits per heavy atom. The van der Waals surface area contributed by atoms with Gasteiger partial charge in [0.05, 0.1) is 12.1 Å². The molecule has 0 radical (unpaired) electrons. The van der Waals surface area contributed by atoms with Crippen LogP contribution in [0.25, 0.3) is 0 Å². The van der Waals surface area contributed by atoms with Crippen molar-refractivity contribution in [1.82, 2.24) is 14.7 Å². The molecule has 0 saturated carbocycles. The number of carboxylic acid groups (broad SMARTS) is 1. The number of benzene rings is 1. The van der Waals surface area contributed by atoms with Gasteiger partial charge >= 0.3 is 5.97 Å². The van der Waals surface area contributed by atoms with Gasteiger partial charge in [-0.25, -0.2) is 0 Å². The molecular formula is C17H20ClN3O3. The lowest BCUT2D eigenvalue weighted by Crippen LogP contribution is -2.36. The number of carbonyl (C=O) groups excluding carboxylic acids is 1. The van der Waals surface area contributed by atoms with Crippen molar-refractivity contribution in [2.45, 2.75) is 26.8 Å². The maximum atomic E-state index is 12.6. The van der Waals surface area contributed by atoms with Gasteiger partial charge < -0.3 is 10.0 Å². The number of hydrogen-bond donors (Lipinski definition) is 1. The zero-order chi connectivity index (χ0) is 17.9. The van der Waals surface area contributed by atoms with Gasteiger partial charge in [-0.1, -0.05) is 23.7 Å². The van der Waals surface area contributed by atoms with Gasteiger partial charge in [-0.2, -0.15) is 5.10 Å². The molecule has 24 heavy (non-hydrogen) atoms. The van der Waals surface area contributed by atoms with E-state index >= 15 is 0 Å². The fourth-order valence-electron chi connectivity index (χ4n) is 2.54. The van der Waals surface area contributed by atoms with Gasteiger partial charge in [-0.15, -0.1) is 0 Å². The Labute approximate surface area is 145 Å². The number of halogens is 1. The average molecular weight is 350 g/mol. The summed E-state index contributed by atoms with van der Waals surface area (Å²) in [6, 6.07) is 7.00. The standard InChI is InChI=1S/C17H20ClN3O3/c1-11-15(12(2)20(3)19-11)8-16(22)21(10-17(23)24)9-13-4-6-14(18)7-5-13/h4-7H,8-10H2,1-3H3,(H,23,24). The van der Waals surface area contributed by atoms with Crippen LogP contribution in [-0.4, -0.2) is 38.2 Å². The van der Waals surface area contributed by atoms with E-state index < -0.39 is 5.97 Å². The van der Waals surface area contributed by atoms with Gasteiger partial charge in [0.15, 0.2) is 0 Å². The van der Waals surface area contributed by atoms with Gasteiger partial charge in [0.1, 0.15) is 6.54 Å². The van der Waals surface area contributed by atoms with Gasteiger partial charge in [-0.3, -0.25) is 14.3 Å². The first-order valence-corrected chi connectivity index (χ1v) is 7.88. The molecule has 0 spiro atoms. The van der Waals surface area contributed by atoms with E-state index in [9.17, 15) is 9.59 Å². The summed E-state index contributed by atoms with van der Waals surface area (Å²) >= 11 is 5.86. The summed E-state index contributed by atoms with van der Waals surface area (Å²) in [6.07, 6.45) is 0.131. The zero-order valence-electron chi connectivity index (χ0n) is 13.9. The number of carboxylic acids is 1. The second-order valence-corrected chi connectivity index (χ2v) is 6.16. The number of amides is 1. The second kappa shape index (κ2) is 7.49. The first-order valence-electron chi connectivity index (χ1n) is 7.51. The highest BCUT2D eigenvalue weighted by molar-refractivity contribution is 6.30. The second-order valence-electron chi connectivity index (χ2n) is 5.72. The molecule has 6 nitrogen and oxygen atoms in total. The van der Waals surface area contributed by atoms with E-state index in [0.717, 1.165) is 22.5 Å². The summed E-state index contributed by atoms with van der Waals surface area (Å²) < 4.78 is 1.72. The van der Waals surface area contributed by atoms with Gasteiger partial charge in [0.25, 0.3) is 0 Å². The number of nitrogens with zero attached hydrogens (tertiary/aromatic N) is 3. The molecule has 0 unspecified atom stereocenters. The van der Waals surface area contributed by atoms with Crippen LogP contribution in [0.5, 0.6) is 0 Å². The van der Waals surface area contributed by atoms with E-state index in [2.05, 4.69) is 5.10 Å². The SMILES string of the molecule is Cc1nn(C)c(C)c1CC(=O)N(CC(=O)O)Cc1ccc(Cl)cc1. The average Bonchev–Trinajstić information content (AvgIpc) is 2.74. The third kappa shape index (κ3) is 4.35. The molecule has 1 N–H and O–H groups in total. The van der Waals surface area contributed by atoms with E-state index in [1.165, 1.54) is 4.90 Å². The van der Waals surface area contributed by atoms with E-state index in [1.807, 2.05) is 20.9 Å². The molecular weight excluding hydrogens is 330 g/mol. The zero-order valence-corrected chi connectivity index (χ0v) is 14.7. The Bertz CT molecular complexity index is 753. The summed E-state index contributed by atoms with van der Waals surface area (Å²) in [5, 5.41) is 14.0. The van der Waals surface area contributed by atoms with E-state index in [0.29, 0.717) is 5.02 Å². The Hall–Kier alpha value is -2.34. The molecule has 0 atom stereocenters. The van der Waals surface area contributed by atoms with Crippen molar-refractivity contribution in [3.8, 4) is 0 Å². The smallest absolute Gasteiger partial charge is 0.323 e. The lowest BCUT2D eigenvalue weighted by Gasteiger charge is -2.21. The predicted molar refractivity (Wildman–Crippen MR) is 90.9 cm³/mol. The van der Waals surface area contributed by atoms with Crippen LogP contribution in [0, 0.1) is 13.8 Å². The summed E-state index contributed by atoms with van der Waals surface area (Å²) in [5.74, 6) is -1.29. The third-order valence-corrected chi connectivity index (χ3v) is 4.20. The van der Waals surface area contributed by atoms with Crippen molar-refractivity contribution in [1.29, 1.82) is 0 Å². The summed E-state index contributed by atoms with van der Waals surface area (Å²) in [4.78, 5) is 25.1. The molecule has 0 aliphatic carbocycles. The van der Waals surface area contributed by atoms with Crippen molar-refractivity contribution in [3.05, 3.63) is 51.8 Å². The minimum atomic E-state index is -1.04. The van der Waals surface area contributed by atoms with Gasteiger partial charge in [-0.05, 0) is 31.5 Å². The fourth-order valence-corrected chi connectivity index (χ4v) is 2.67. The predicted octanol–water partition coefficient (Wildman–Crippen LogP) is 2.35. The minimum Gasteiger partial charge on any atom is -0.480 e. The van der Waals surface area contributed by atoms with Crippen molar-refractivity contribution in [2.24, 2.45) is 7.05 Å². The summed E-state index contributed by atoms with van der Waals surface area (Å²) in [7, 11) is 1.82. The largest absolute Gasteiger partial charge is 0.480 e. The van der Waals surface area contributed by atoms with E-state index in [-0.39, 0.29) is 25.4 Å². The number of aryl methyl sites for hydroxylation is 2. The van der Waals surface area contributed by atoms with Crippen LogP contribution in [0.1, 0.15) is 22.5 Å². The van der Waals surface area contributed by atoms with Crippen LogP contribution in [0.15, 0.2) is 24.3 Å². The van der Waals surface area contributed by atoms with Crippen LogP contribution in [0.4, 0.5) is 0 Å². The van der Waals surface area contributed by atoms with Crippen LogP contribution in [0.2, 0.25) is 5.02 Å². The quantitative estimate of drug-likeness (QED) is 0.868. The van der Waals surface area contributed by atoms with Crippen molar-refractivity contribution in [3.63, 3.8) is 0 Å². The van der Waals surface area contributed by atoms with Crippen LogP contribution >= 0.6 is 11.6 Å². The Balaban J connectivity index is 2.18. The molecule has 0 saturated heterocycles. The summed E-state index contributed by atoms with van der Waals surface area (Å²) in [5.41, 5.74) is 3.36.